The van der Waals surface area contributed by atoms with E-state index in [0.717, 1.165) is 35.7 Å². The largest absolute Gasteiger partial charge is 0.490 e. The molecule has 0 radical (unpaired) electrons. The zero-order chi connectivity index (χ0) is 16.3. The minimum atomic E-state index is -0.734. The molecule has 1 saturated carbocycles. The number of benzene rings is 1. The van der Waals surface area contributed by atoms with Crippen molar-refractivity contribution in [3.05, 3.63) is 18.2 Å². The van der Waals surface area contributed by atoms with E-state index in [0.29, 0.717) is 19.1 Å². The van der Waals surface area contributed by atoms with Crippen LogP contribution in [-0.2, 0) is 4.79 Å². The average molecular weight is 332 g/mol. The van der Waals surface area contributed by atoms with Crippen molar-refractivity contribution in [3.8, 4) is 17.6 Å². The van der Waals surface area contributed by atoms with Crippen molar-refractivity contribution in [1.82, 2.24) is 5.32 Å². The summed E-state index contributed by atoms with van der Waals surface area (Å²) in [4.78, 5) is 13.1. The molecule has 0 aromatic heterocycles. The number of ether oxygens (including phenoxy) is 2. The van der Waals surface area contributed by atoms with Gasteiger partial charge in [-0.1, -0.05) is 0 Å². The molecule has 1 heterocycles. The number of thioether (sulfide) groups is 1. The van der Waals surface area contributed by atoms with Crippen LogP contribution < -0.4 is 14.8 Å². The van der Waals surface area contributed by atoms with Gasteiger partial charge in [-0.3, -0.25) is 4.79 Å². The van der Waals surface area contributed by atoms with Gasteiger partial charge in [-0.05, 0) is 43.9 Å². The number of hydrogen-bond donors (Lipinski definition) is 1. The molecule has 0 saturated heterocycles. The third kappa shape index (κ3) is 3.91. The van der Waals surface area contributed by atoms with Crippen LogP contribution in [0.2, 0.25) is 0 Å². The molecular weight excluding hydrogens is 312 g/mol. The van der Waals surface area contributed by atoms with Gasteiger partial charge in [0, 0.05) is 11.3 Å². The van der Waals surface area contributed by atoms with E-state index in [1.54, 1.807) is 6.92 Å². The first-order valence-electron chi connectivity index (χ1n) is 7.85. The van der Waals surface area contributed by atoms with Gasteiger partial charge in [0.25, 0.3) is 0 Å². The number of hydrogen-bond acceptors (Lipinski definition) is 5. The zero-order valence-electron chi connectivity index (χ0n) is 13.1. The first kappa shape index (κ1) is 16.0. The maximum absolute atomic E-state index is 12.1. The fourth-order valence-corrected chi connectivity index (χ4v) is 3.31. The van der Waals surface area contributed by atoms with Gasteiger partial charge in [-0.2, -0.15) is 5.26 Å². The Morgan fingerprint density at radius 2 is 2.13 bits per heavy atom. The number of fused-ring (bicyclic) bond motifs is 1. The first-order chi connectivity index (χ1) is 11.1. The highest BCUT2D eigenvalue weighted by Gasteiger charge is 2.42. The molecule has 1 atom stereocenters. The normalized spacial score (nSPS) is 19.1. The minimum Gasteiger partial charge on any atom is -0.490 e. The number of nitrogens with zero attached hydrogens (tertiary/aromatic N) is 1. The molecule has 1 aromatic carbocycles. The monoisotopic (exact) mass is 332 g/mol. The molecule has 1 fully saturated rings. The van der Waals surface area contributed by atoms with Crippen LogP contribution in [0.25, 0.3) is 0 Å². The number of rotatable bonds is 5. The number of carbonyl (C=O) groups is 1. The van der Waals surface area contributed by atoms with Crippen molar-refractivity contribution in [2.75, 3.05) is 19.0 Å². The van der Waals surface area contributed by atoms with Crippen molar-refractivity contribution < 1.29 is 14.3 Å². The minimum absolute atomic E-state index is 0.113. The summed E-state index contributed by atoms with van der Waals surface area (Å²) in [5, 5.41) is 12.2. The average Bonchev–Trinajstić information content (AvgIpc) is 3.39. The summed E-state index contributed by atoms with van der Waals surface area (Å²) in [7, 11) is 0. The number of nitrogens with one attached hydrogen (secondary N) is 1. The Labute approximate surface area is 140 Å². The van der Waals surface area contributed by atoms with E-state index < -0.39 is 5.54 Å². The molecule has 1 aromatic rings. The Morgan fingerprint density at radius 3 is 2.83 bits per heavy atom. The van der Waals surface area contributed by atoms with Crippen LogP contribution in [0.4, 0.5) is 0 Å². The fourth-order valence-electron chi connectivity index (χ4n) is 2.59. The van der Waals surface area contributed by atoms with Crippen molar-refractivity contribution >= 4 is 17.7 Å². The Bertz CT molecular complexity index is 639. The maximum Gasteiger partial charge on any atom is 0.231 e. The molecule has 1 N–H and O–H groups in total. The highest BCUT2D eigenvalue weighted by Crippen LogP contribution is 2.39. The third-order valence-electron chi connectivity index (χ3n) is 4.11. The number of amides is 1. The molecule has 5 nitrogen and oxygen atoms in total. The first-order valence-corrected chi connectivity index (χ1v) is 8.84. The molecule has 1 aliphatic carbocycles. The second-order valence-corrected chi connectivity index (χ2v) is 7.13. The lowest BCUT2D eigenvalue weighted by atomic mass is 9.98. The van der Waals surface area contributed by atoms with E-state index >= 15 is 0 Å². The van der Waals surface area contributed by atoms with Gasteiger partial charge in [0.2, 0.25) is 5.91 Å². The molecule has 0 spiro atoms. The summed E-state index contributed by atoms with van der Waals surface area (Å²) >= 11 is 1.43. The predicted octanol–water partition coefficient (Wildman–Crippen LogP) is 2.75. The predicted molar refractivity (Wildman–Crippen MR) is 87.7 cm³/mol. The highest BCUT2D eigenvalue weighted by molar-refractivity contribution is 8.00. The van der Waals surface area contributed by atoms with Gasteiger partial charge < -0.3 is 14.8 Å². The lowest BCUT2D eigenvalue weighted by Gasteiger charge is -2.22. The summed E-state index contributed by atoms with van der Waals surface area (Å²) in [6.07, 6.45) is 2.90. The van der Waals surface area contributed by atoms with Crippen LogP contribution in [0, 0.1) is 17.2 Å². The van der Waals surface area contributed by atoms with E-state index in [-0.39, 0.29) is 11.7 Å². The van der Waals surface area contributed by atoms with E-state index in [1.807, 2.05) is 18.2 Å². The van der Waals surface area contributed by atoms with Crippen LogP contribution in [0.15, 0.2) is 23.1 Å². The van der Waals surface area contributed by atoms with Gasteiger partial charge in [-0.25, -0.2) is 0 Å². The van der Waals surface area contributed by atoms with Crippen molar-refractivity contribution in [1.29, 1.82) is 5.26 Å². The Kier molecular flexibility index (Phi) is 4.67. The zero-order valence-corrected chi connectivity index (χ0v) is 13.9. The van der Waals surface area contributed by atoms with Gasteiger partial charge in [-0.15, -0.1) is 11.8 Å². The third-order valence-corrected chi connectivity index (χ3v) is 5.11. The molecule has 23 heavy (non-hydrogen) atoms. The van der Waals surface area contributed by atoms with E-state index in [9.17, 15) is 10.1 Å². The SMILES string of the molecule is CC(C#N)(NC(=O)CSc1ccc2c(c1)OCCCO2)C1CC1. The van der Waals surface area contributed by atoms with Crippen LogP contribution in [0.5, 0.6) is 11.5 Å². The second kappa shape index (κ2) is 6.71. The van der Waals surface area contributed by atoms with Gasteiger partial charge in [0.15, 0.2) is 11.5 Å². The van der Waals surface area contributed by atoms with Crippen molar-refractivity contribution in [3.63, 3.8) is 0 Å². The summed E-state index contributed by atoms with van der Waals surface area (Å²) in [6, 6.07) is 7.95. The van der Waals surface area contributed by atoms with Gasteiger partial charge >= 0.3 is 0 Å². The molecule has 2 aliphatic rings. The quantitative estimate of drug-likeness (QED) is 0.840. The number of carbonyl (C=O) groups excluding carboxylic acids is 1. The summed E-state index contributed by atoms with van der Waals surface area (Å²) < 4.78 is 11.2. The number of nitriles is 1. The molecule has 3 rings (SSSR count). The maximum atomic E-state index is 12.1. The second-order valence-electron chi connectivity index (χ2n) is 6.08. The lowest BCUT2D eigenvalue weighted by Crippen LogP contribution is -2.47. The lowest BCUT2D eigenvalue weighted by molar-refractivity contribution is -0.119. The summed E-state index contributed by atoms with van der Waals surface area (Å²) in [6.45, 7) is 3.11. The Morgan fingerprint density at radius 1 is 1.39 bits per heavy atom. The molecule has 0 bridgehead atoms. The van der Waals surface area contributed by atoms with Gasteiger partial charge in [0.05, 0.1) is 25.0 Å². The van der Waals surface area contributed by atoms with Crippen LogP contribution in [0.3, 0.4) is 0 Å². The molecule has 1 aliphatic heterocycles. The molecule has 122 valence electrons. The standard InChI is InChI=1S/C17H20N2O3S/c1-17(11-18,12-3-4-12)19-16(20)10-23-13-5-6-14-15(9-13)22-8-2-7-21-14/h5-6,9,12H,2-4,7-8,10H2,1H3,(H,19,20). The van der Waals surface area contributed by atoms with E-state index in [1.165, 1.54) is 11.8 Å². The highest BCUT2D eigenvalue weighted by atomic mass is 32.2. The van der Waals surface area contributed by atoms with E-state index in [2.05, 4.69) is 11.4 Å². The Balaban J connectivity index is 1.57. The van der Waals surface area contributed by atoms with Crippen molar-refractivity contribution in [2.45, 2.75) is 36.6 Å². The smallest absolute Gasteiger partial charge is 0.231 e. The molecule has 6 heteroatoms. The van der Waals surface area contributed by atoms with Gasteiger partial charge in [0.1, 0.15) is 5.54 Å². The van der Waals surface area contributed by atoms with Crippen molar-refractivity contribution in [2.24, 2.45) is 5.92 Å². The van der Waals surface area contributed by atoms with Crippen LogP contribution in [-0.4, -0.2) is 30.4 Å². The van der Waals surface area contributed by atoms with Crippen LogP contribution in [0.1, 0.15) is 26.2 Å². The van der Waals surface area contributed by atoms with E-state index in [4.69, 9.17) is 9.47 Å². The van der Waals surface area contributed by atoms with Crippen LogP contribution >= 0.6 is 11.8 Å². The fraction of sp³-hybridized carbons (Fsp3) is 0.529. The summed E-state index contributed by atoms with van der Waals surface area (Å²) in [5.74, 6) is 1.94. The molecular formula is C17H20N2O3S. The molecule has 1 unspecified atom stereocenters. The summed E-state index contributed by atoms with van der Waals surface area (Å²) in [5.41, 5.74) is -0.734. The topological polar surface area (TPSA) is 71.4 Å². The molecule has 1 amide bonds. The Hall–Kier alpha value is -1.87.